The number of para-hydroxylation sites is 1. The lowest BCUT2D eigenvalue weighted by atomic mass is 10.0. The van der Waals surface area contributed by atoms with E-state index in [0.717, 1.165) is 53.8 Å². The van der Waals surface area contributed by atoms with E-state index >= 15 is 0 Å². The van der Waals surface area contributed by atoms with Gasteiger partial charge in [-0.05, 0) is 43.2 Å². The normalized spacial score (nSPS) is 15.3. The van der Waals surface area contributed by atoms with Gasteiger partial charge in [-0.15, -0.1) is 0 Å². The van der Waals surface area contributed by atoms with E-state index in [1.165, 1.54) is 0 Å². The van der Waals surface area contributed by atoms with Gasteiger partial charge in [0.15, 0.2) is 0 Å². The molecular weight excluding hydrogens is 400 g/mol. The number of aromatic nitrogens is 1. The van der Waals surface area contributed by atoms with E-state index in [9.17, 15) is 9.90 Å². The number of carbonyl (C=O) groups is 1. The highest BCUT2D eigenvalue weighted by Crippen LogP contribution is 2.24. The molecule has 1 saturated heterocycles. The second-order valence-electron chi connectivity index (χ2n) is 7.62. The number of nitrogens with one attached hydrogen (secondary N) is 2. The summed E-state index contributed by atoms with van der Waals surface area (Å²) in [6.07, 6.45) is 3.55. The molecule has 3 aromatic rings. The Labute approximate surface area is 180 Å². The molecule has 0 spiro atoms. The Morgan fingerprint density at radius 2 is 1.97 bits per heavy atom. The van der Waals surface area contributed by atoms with Gasteiger partial charge in [0.25, 0.3) is 0 Å². The van der Waals surface area contributed by atoms with Crippen LogP contribution < -0.4 is 10.6 Å². The van der Waals surface area contributed by atoms with Crippen molar-refractivity contribution in [3.8, 4) is 0 Å². The molecule has 6 nitrogen and oxygen atoms in total. The number of pyridine rings is 1. The average molecular weight is 425 g/mol. The summed E-state index contributed by atoms with van der Waals surface area (Å²) in [7, 11) is 0. The van der Waals surface area contributed by atoms with Crippen LogP contribution in [0, 0.1) is 0 Å². The van der Waals surface area contributed by atoms with Crippen molar-refractivity contribution in [2.24, 2.45) is 0 Å². The number of halogens is 1. The molecule has 0 saturated carbocycles. The van der Waals surface area contributed by atoms with Gasteiger partial charge in [0.1, 0.15) is 0 Å². The molecule has 1 fully saturated rings. The number of hydrogen-bond acceptors (Lipinski definition) is 5. The maximum absolute atomic E-state index is 12.5. The second kappa shape index (κ2) is 9.43. The van der Waals surface area contributed by atoms with Gasteiger partial charge in [0.05, 0.1) is 30.6 Å². The molecule has 4 rings (SSSR count). The van der Waals surface area contributed by atoms with Crippen molar-refractivity contribution in [1.82, 2.24) is 9.88 Å². The molecule has 1 amide bonds. The molecule has 0 unspecified atom stereocenters. The summed E-state index contributed by atoms with van der Waals surface area (Å²) in [5.41, 5.74) is 3.35. The van der Waals surface area contributed by atoms with Crippen LogP contribution in [0.1, 0.15) is 18.4 Å². The number of carbonyl (C=O) groups excluding carboxylic acids is 1. The molecule has 2 aromatic carbocycles. The third-order valence-corrected chi connectivity index (χ3v) is 5.66. The Kier molecular flexibility index (Phi) is 6.47. The van der Waals surface area contributed by atoms with Gasteiger partial charge < -0.3 is 15.7 Å². The largest absolute Gasteiger partial charge is 0.392 e. The standard InChI is InChI=1S/C23H25ClN4O2/c24-18-5-6-22(17(11-18)15-29)26-19-7-9-28(10-8-19)14-23(30)27-20-12-16-3-1-2-4-21(16)25-13-20/h1-6,11-13,19,26,29H,7-10,14-15H2,(H,27,30). The Bertz CT molecular complexity index is 1030. The third-order valence-electron chi connectivity index (χ3n) is 5.43. The highest BCUT2D eigenvalue weighted by atomic mass is 35.5. The zero-order valence-corrected chi connectivity index (χ0v) is 17.4. The van der Waals surface area contributed by atoms with E-state index < -0.39 is 0 Å². The maximum Gasteiger partial charge on any atom is 0.238 e. The van der Waals surface area contributed by atoms with E-state index in [1.807, 2.05) is 42.5 Å². The predicted molar refractivity (Wildman–Crippen MR) is 121 cm³/mol. The lowest BCUT2D eigenvalue weighted by Gasteiger charge is -2.32. The van der Waals surface area contributed by atoms with Crippen molar-refractivity contribution in [2.45, 2.75) is 25.5 Å². The van der Waals surface area contributed by atoms with Crippen LogP contribution in [-0.2, 0) is 11.4 Å². The smallest absolute Gasteiger partial charge is 0.238 e. The highest BCUT2D eigenvalue weighted by Gasteiger charge is 2.21. The molecule has 7 heteroatoms. The number of nitrogens with zero attached hydrogens (tertiary/aromatic N) is 2. The highest BCUT2D eigenvalue weighted by molar-refractivity contribution is 6.30. The fourth-order valence-corrected chi connectivity index (χ4v) is 4.03. The molecule has 1 aliphatic heterocycles. The second-order valence-corrected chi connectivity index (χ2v) is 8.06. The van der Waals surface area contributed by atoms with Crippen LogP contribution in [0.4, 0.5) is 11.4 Å². The Balaban J connectivity index is 1.27. The number of anilines is 2. The van der Waals surface area contributed by atoms with Crippen molar-refractivity contribution in [3.05, 3.63) is 65.3 Å². The van der Waals surface area contributed by atoms with Crippen molar-refractivity contribution >= 4 is 39.8 Å². The van der Waals surface area contributed by atoms with Gasteiger partial charge in [-0.2, -0.15) is 0 Å². The molecule has 3 N–H and O–H groups in total. The number of likely N-dealkylation sites (tertiary alicyclic amines) is 1. The Morgan fingerprint density at radius 1 is 1.17 bits per heavy atom. The van der Waals surface area contributed by atoms with Crippen LogP contribution in [-0.4, -0.2) is 46.6 Å². The molecule has 0 radical (unpaired) electrons. The summed E-state index contributed by atoms with van der Waals surface area (Å²) in [5, 5.41) is 17.6. The summed E-state index contributed by atoms with van der Waals surface area (Å²) in [4.78, 5) is 19.0. The van der Waals surface area contributed by atoms with E-state index in [4.69, 9.17) is 11.6 Å². The van der Waals surface area contributed by atoms with Crippen molar-refractivity contribution in [2.75, 3.05) is 30.3 Å². The molecule has 1 aromatic heterocycles. The number of rotatable bonds is 6. The number of hydrogen-bond donors (Lipinski definition) is 3. The first-order chi connectivity index (χ1) is 14.6. The van der Waals surface area contributed by atoms with Crippen LogP contribution in [0.25, 0.3) is 10.9 Å². The number of benzene rings is 2. The van der Waals surface area contributed by atoms with Gasteiger partial charge in [-0.1, -0.05) is 29.8 Å². The van der Waals surface area contributed by atoms with E-state index in [2.05, 4.69) is 20.5 Å². The number of amides is 1. The lowest BCUT2D eigenvalue weighted by Crippen LogP contribution is -2.42. The molecule has 30 heavy (non-hydrogen) atoms. The minimum absolute atomic E-state index is 0.0289. The molecule has 2 heterocycles. The lowest BCUT2D eigenvalue weighted by molar-refractivity contribution is -0.117. The first kappa shape index (κ1) is 20.6. The van der Waals surface area contributed by atoms with Crippen LogP contribution >= 0.6 is 11.6 Å². The molecule has 0 aliphatic carbocycles. The van der Waals surface area contributed by atoms with E-state index in [0.29, 0.717) is 17.6 Å². The molecule has 156 valence electrons. The monoisotopic (exact) mass is 424 g/mol. The number of aliphatic hydroxyl groups excluding tert-OH is 1. The molecule has 0 atom stereocenters. The fraction of sp³-hybridized carbons (Fsp3) is 0.304. The molecule has 1 aliphatic rings. The quantitative estimate of drug-likeness (QED) is 0.559. The first-order valence-corrected chi connectivity index (χ1v) is 10.5. The summed E-state index contributed by atoms with van der Waals surface area (Å²) in [5.74, 6) is -0.0289. The fourth-order valence-electron chi connectivity index (χ4n) is 3.83. The van der Waals surface area contributed by atoms with Gasteiger partial charge >= 0.3 is 0 Å². The SMILES string of the molecule is O=C(CN1CCC(Nc2ccc(Cl)cc2CO)CC1)Nc1cnc2ccccc2c1. The van der Waals surface area contributed by atoms with Gasteiger partial charge in [-0.3, -0.25) is 14.7 Å². The Morgan fingerprint density at radius 3 is 2.77 bits per heavy atom. The van der Waals surface area contributed by atoms with Crippen LogP contribution in [0.2, 0.25) is 5.02 Å². The summed E-state index contributed by atoms with van der Waals surface area (Å²) < 4.78 is 0. The van der Waals surface area contributed by atoms with Crippen molar-refractivity contribution < 1.29 is 9.90 Å². The minimum Gasteiger partial charge on any atom is -0.392 e. The summed E-state index contributed by atoms with van der Waals surface area (Å²) in [6.45, 7) is 1.99. The third kappa shape index (κ3) is 5.08. The zero-order valence-electron chi connectivity index (χ0n) is 16.6. The predicted octanol–water partition coefficient (Wildman–Crippen LogP) is 3.90. The Hall–Kier alpha value is -2.67. The maximum atomic E-state index is 12.5. The number of fused-ring (bicyclic) bond motifs is 1. The molecule has 0 bridgehead atoms. The molecular formula is C23H25ClN4O2. The van der Waals surface area contributed by atoms with E-state index in [1.54, 1.807) is 12.3 Å². The topological polar surface area (TPSA) is 77.5 Å². The summed E-state index contributed by atoms with van der Waals surface area (Å²) >= 11 is 6.01. The van der Waals surface area contributed by atoms with Crippen LogP contribution in [0.3, 0.4) is 0 Å². The van der Waals surface area contributed by atoms with Gasteiger partial charge in [0, 0.05) is 40.8 Å². The first-order valence-electron chi connectivity index (χ1n) is 10.1. The number of piperidine rings is 1. The van der Waals surface area contributed by atoms with Crippen LogP contribution in [0.5, 0.6) is 0 Å². The van der Waals surface area contributed by atoms with Crippen molar-refractivity contribution in [3.63, 3.8) is 0 Å². The van der Waals surface area contributed by atoms with E-state index in [-0.39, 0.29) is 12.5 Å². The van der Waals surface area contributed by atoms with Gasteiger partial charge in [-0.25, -0.2) is 0 Å². The number of aliphatic hydroxyl groups is 1. The van der Waals surface area contributed by atoms with Gasteiger partial charge in [0.2, 0.25) is 5.91 Å². The summed E-state index contributed by atoms with van der Waals surface area (Å²) in [6, 6.07) is 15.6. The average Bonchev–Trinajstić information content (AvgIpc) is 2.76. The minimum atomic E-state index is -0.0501. The van der Waals surface area contributed by atoms with Crippen molar-refractivity contribution in [1.29, 1.82) is 0 Å². The zero-order chi connectivity index (χ0) is 20.9. The van der Waals surface area contributed by atoms with Crippen LogP contribution in [0.15, 0.2) is 54.7 Å².